The zero-order chi connectivity index (χ0) is 14.8. The van der Waals surface area contributed by atoms with Crippen LogP contribution in [0.5, 0.6) is 5.75 Å². The van der Waals surface area contributed by atoms with Crippen molar-refractivity contribution in [1.29, 1.82) is 0 Å². The van der Waals surface area contributed by atoms with Gasteiger partial charge in [-0.2, -0.15) is 0 Å². The lowest BCUT2D eigenvalue weighted by atomic mass is 9.98. The molecule has 110 valence electrons. The van der Waals surface area contributed by atoms with Crippen molar-refractivity contribution in [2.24, 2.45) is 0 Å². The summed E-state index contributed by atoms with van der Waals surface area (Å²) in [5.74, 6) is -1.60. The maximum atomic E-state index is 13.1. The summed E-state index contributed by atoms with van der Waals surface area (Å²) in [7, 11) is 3.01. The van der Waals surface area contributed by atoms with Crippen LogP contribution in [0.25, 0.3) is 0 Å². The second kappa shape index (κ2) is 5.75. The highest BCUT2D eigenvalue weighted by atomic mass is 19.1. The van der Waals surface area contributed by atoms with Crippen LogP contribution in [-0.2, 0) is 9.53 Å². The molecule has 0 aliphatic heterocycles. The fourth-order valence-electron chi connectivity index (χ4n) is 2.60. The molecule has 1 aliphatic rings. The van der Waals surface area contributed by atoms with Gasteiger partial charge in [0.25, 0.3) is 0 Å². The predicted octanol–water partition coefficient (Wildman–Crippen LogP) is 2.03. The lowest BCUT2D eigenvalue weighted by Crippen LogP contribution is -2.49. The number of carbonyl (C=O) groups is 1. The molecule has 0 bridgehead atoms. The third kappa shape index (κ3) is 2.90. The summed E-state index contributed by atoms with van der Waals surface area (Å²) in [6, 6.07) is 3.04. The zero-order valence-corrected chi connectivity index (χ0v) is 11.4. The van der Waals surface area contributed by atoms with Gasteiger partial charge in [0.15, 0.2) is 0 Å². The van der Waals surface area contributed by atoms with Crippen molar-refractivity contribution < 1.29 is 23.0 Å². The third-order valence-corrected chi connectivity index (χ3v) is 3.66. The minimum absolute atomic E-state index is 0.129. The average molecular weight is 285 g/mol. The van der Waals surface area contributed by atoms with E-state index in [0.717, 1.165) is 18.2 Å². The second-order valence-electron chi connectivity index (χ2n) is 4.91. The zero-order valence-electron chi connectivity index (χ0n) is 11.4. The van der Waals surface area contributed by atoms with Crippen molar-refractivity contribution in [1.82, 2.24) is 5.32 Å². The molecule has 2 atom stereocenters. The van der Waals surface area contributed by atoms with Gasteiger partial charge in [-0.25, -0.2) is 8.78 Å². The number of esters is 1. The topological polar surface area (TPSA) is 47.6 Å². The highest BCUT2D eigenvalue weighted by molar-refractivity contribution is 5.81. The largest absolute Gasteiger partial charge is 0.490 e. The van der Waals surface area contributed by atoms with Crippen molar-refractivity contribution in [3.63, 3.8) is 0 Å². The van der Waals surface area contributed by atoms with E-state index in [1.54, 1.807) is 7.05 Å². The van der Waals surface area contributed by atoms with Crippen molar-refractivity contribution in [3.8, 4) is 5.75 Å². The summed E-state index contributed by atoms with van der Waals surface area (Å²) in [4.78, 5) is 11.8. The predicted molar refractivity (Wildman–Crippen MR) is 68.4 cm³/mol. The molecule has 0 amide bonds. The molecule has 2 unspecified atom stereocenters. The molecule has 1 fully saturated rings. The Bertz CT molecular complexity index is 489. The second-order valence-corrected chi connectivity index (χ2v) is 4.91. The van der Waals surface area contributed by atoms with Crippen LogP contribution in [0.15, 0.2) is 18.2 Å². The van der Waals surface area contributed by atoms with Crippen LogP contribution in [0.3, 0.4) is 0 Å². The lowest BCUT2D eigenvalue weighted by molar-refractivity contribution is -0.148. The summed E-state index contributed by atoms with van der Waals surface area (Å²) >= 11 is 0. The van der Waals surface area contributed by atoms with Gasteiger partial charge in [0, 0.05) is 24.6 Å². The molecule has 1 N–H and O–H groups in total. The summed E-state index contributed by atoms with van der Waals surface area (Å²) in [5, 5.41) is 2.96. The van der Waals surface area contributed by atoms with Crippen molar-refractivity contribution >= 4 is 5.97 Å². The molecule has 0 aromatic heterocycles. The number of ether oxygens (including phenoxy) is 2. The first-order valence-corrected chi connectivity index (χ1v) is 6.39. The fraction of sp³-hybridized carbons (Fsp3) is 0.500. The first-order valence-electron chi connectivity index (χ1n) is 6.39. The molecule has 20 heavy (non-hydrogen) atoms. The summed E-state index contributed by atoms with van der Waals surface area (Å²) in [6.07, 6.45) is 1.27. The molecule has 0 heterocycles. The number of rotatable bonds is 4. The van der Waals surface area contributed by atoms with Gasteiger partial charge in [0.1, 0.15) is 29.0 Å². The van der Waals surface area contributed by atoms with Crippen LogP contribution in [0.1, 0.15) is 19.3 Å². The summed E-state index contributed by atoms with van der Waals surface area (Å²) < 4.78 is 36.5. The Hall–Kier alpha value is -1.69. The number of hydrogen-bond donors (Lipinski definition) is 1. The standard InChI is InChI=1S/C14H17F2NO3/c1-17-14(13(18)19-2)4-3-11(8-14)20-12-6-9(15)5-10(16)7-12/h5-7,11,17H,3-4,8H2,1-2H3. The Morgan fingerprint density at radius 1 is 1.35 bits per heavy atom. The molecule has 1 aromatic carbocycles. The van der Waals surface area contributed by atoms with Gasteiger partial charge in [0.05, 0.1) is 7.11 Å². The first kappa shape index (κ1) is 14.7. The van der Waals surface area contributed by atoms with E-state index < -0.39 is 17.2 Å². The van der Waals surface area contributed by atoms with Gasteiger partial charge in [-0.15, -0.1) is 0 Å². The quantitative estimate of drug-likeness (QED) is 0.860. The van der Waals surface area contributed by atoms with E-state index in [-0.39, 0.29) is 17.8 Å². The smallest absolute Gasteiger partial charge is 0.326 e. The number of methoxy groups -OCH3 is 1. The van der Waals surface area contributed by atoms with E-state index in [4.69, 9.17) is 9.47 Å². The van der Waals surface area contributed by atoms with Gasteiger partial charge in [0.2, 0.25) is 0 Å². The molecular formula is C14H17F2NO3. The van der Waals surface area contributed by atoms with Crippen molar-refractivity contribution in [2.75, 3.05) is 14.2 Å². The monoisotopic (exact) mass is 285 g/mol. The molecule has 2 rings (SSSR count). The van der Waals surface area contributed by atoms with Crippen LogP contribution in [0, 0.1) is 11.6 Å². The number of likely N-dealkylation sites (N-methyl/N-ethyl adjacent to an activating group) is 1. The molecule has 6 heteroatoms. The molecule has 0 saturated heterocycles. The maximum absolute atomic E-state index is 13.1. The molecule has 1 aromatic rings. The van der Waals surface area contributed by atoms with Crippen molar-refractivity contribution in [3.05, 3.63) is 29.8 Å². The van der Waals surface area contributed by atoms with Gasteiger partial charge in [-0.3, -0.25) is 4.79 Å². The van der Waals surface area contributed by atoms with Gasteiger partial charge < -0.3 is 14.8 Å². The molecule has 1 aliphatic carbocycles. The number of carbonyl (C=O) groups excluding carboxylic acids is 1. The summed E-state index contributed by atoms with van der Waals surface area (Å²) in [5.41, 5.74) is -0.786. The van der Waals surface area contributed by atoms with Crippen LogP contribution >= 0.6 is 0 Å². The molecule has 0 radical (unpaired) electrons. The Kier molecular flexibility index (Phi) is 4.23. The summed E-state index contributed by atoms with van der Waals surface area (Å²) in [6.45, 7) is 0. The fourth-order valence-corrected chi connectivity index (χ4v) is 2.60. The Morgan fingerprint density at radius 3 is 2.55 bits per heavy atom. The minimum atomic E-state index is -0.786. The highest BCUT2D eigenvalue weighted by Gasteiger charge is 2.46. The molecule has 4 nitrogen and oxygen atoms in total. The molecular weight excluding hydrogens is 268 g/mol. The number of benzene rings is 1. The number of nitrogens with one attached hydrogen (secondary N) is 1. The van der Waals surface area contributed by atoms with E-state index in [1.165, 1.54) is 7.11 Å². The highest BCUT2D eigenvalue weighted by Crippen LogP contribution is 2.33. The van der Waals surface area contributed by atoms with Gasteiger partial charge in [-0.1, -0.05) is 0 Å². The Balaban J connectivity index is 2.07. The molecule has 1 saturated carbocycles. The first-order chi connectivity index (χ1) is 9.49. The SMILES string of the molecule is CNC1(C(=O)OC)CCC(Oc2cc(F)cc(F)c2)C1. The lowest BCUT2D eigenvalue weighted by Gasteiger charge is -2.25. The number of halogens is 2. The van der Waals surface area contributed by atoms with Crippen LogP contribution in [0.4, 0.5) is 8.78 Å². The molecule has 0 spiro atoms. The van der Waals surface area contributed by atoms with E-state index in [1.807, 2.05) is 0 Å². The van der Waals surface area contributed by atoms with E-state index >= 15 is 0 Å². The maximum Gasteiger partial charge on any atom is 0.326 e. The van der Waals surface area contributed by atoms with Gasteiger partial charge >= 0.3 is 5.97 Å². The third-order valence-electron chi connectivity index (χ3n) is 3.66. The Morgan fingerprint density at radius 2 is 2.00 bits per heavy atom. The van der Waals surface area contributed by atoms with Crippen LogP contribution in [0.2, 0.25) is 0 Å². The van der Waals surface area contributed by atoms with E-state index in [9.17, 15) is 13.6 Å². The Labute approximate surface area is 116 Å². The normalized spacial score (nSPS) is 25.5. The van der Waals surface area contributed by atoms with E-state index in [2.05, 4.69) is 5.32 Å². The van der Waals surface area contributed by atoms with Crippen LogP contribution in [-0.4, -0.2) is 31.8 Å². The van der Waals surface area contributed by atoms with Crippen LogP contribution < -0.4 is 10.1 Å². The minimum Gasteiger partial charge on any atom is -0.490 e. The number of hydrogen-bond acceptors (Lipinski definition) is 4. The van der Waals surface area contributed by atoms with Gasteiger partial charge in [-0.05, 0) is 19.9 Å². The van der Waals surface area contributed by atoms with E-state index in [0.29, 0.717) is 19.3 Å². The average Bonchev–Trinajstić information content (AvgIpc) is 2.81. The van der Waals surface area contributed by atoms with Crippen molar-refractivity contribution in [2.45, 2.75) is 30.9 Å².